The van der Waals surface area contributed by atoms with Crippen molar-refractivity contribution in [2.75, 3.05) is 0 Å². The Bertz CT molecular complexity index is 1150. The number of halogens is 2. The van der Waals surface area contributed by atoms with Crippen LogP contribution in [0.4, 0.5) is 8.78 Å². The molecular formula is C20H19F2N3O4. The average Bonchev–Trinajstić information content (AvgIpc) is 2.64. The highest BCUT2D eigenvalue weighted by atomic mass is 19.3. The molecule has 0 radical (unpaired) electrons. The number of aromatic amines is 1. The predicted octanol–water partition coefficient (Wildman–Crippen LogP) is 3.45. The van der Waals surface area contributed by atoms with E-state index in [4.69, 9.17) is 4.74 Å². The van der Waals surface area contributed by atoms with Crippen molar-refractivity contribution in [3.05, 3.63) is 68.0 Å². The lowest BCUT2D eigenvalue weighted by Crippen LogP contribution is -2.31. The van der Waals surface area contributed by atoms with Crippen molar-refractivity contribution in [1.29, 1.82) is 0 Å². The highest BCUT2D eigenvalue weighted by molar-refractivity contribution is 5.67. The Morgan fingerprint density at radius 1 is 1.10 bits per heavy atom. The van der Waals surface area contributed by atoms with Crippen LogP contribution < -0.4 is 20.7 Å². The third-order valence-electron chi connectivity index (χ3n) is 4.50. The number of hydrogen-bond acceptors (Lipinski definition) is 5. The Hall–Kier alpha value is -3.49. The number of H-pyrrole nitrogens is 1. The van der Waals surface area contributed by atoms with Gasteiger partial charge in [0.25, 0.3) is 11.4 Å². The highest BCUT2D eigenvalue weighted by Crippen LogP contribution is 2.35. The van der Waals surface area contributed by atoms with Gasteiger partial charge in [0.05, 0.1) is 5.69 Å². The Labute approximate surface area is 164 Å². The molecule has 3 rings (SSSR count). The van der Waals surface area contributed by atoms with E-state index in [0.717, 1.165) is 5.56 Å². The van der Waals surface area contributed by atoms with E-state index in [1.165, 1.54) is 16.8 Å². The lowest BCUT2D eigenvalue weighted by molar-refractivity contribution is -0.0518. The Morgan fingerprint density at radius 2 is 1.83 bits per heavy atom. The normalized spacial score (nSPS) is 11.0. The average molecular weight is 403 g/mol. The van der Waals surface area contributed by atoms with Crippen LogP contribution in [0.25, 0.3) is 11.3 Å². The molecule has 0 saturated carbocycles. The molecule has 0 bridgehead atoms. The van der Waals surface area contributed by atoms with Crippen LogP contribution in [0.3, 0.4) is 0 Å². The van der Waals surface area contributed by atoms with E-state index in [-0.39, 0.29) is 11.6 Å². The van der Waals surface area contributed by atoms with Crippen molar-refractivity contribution in [3.63, 3.8) is 0 Å². The fraction of sp³-hybridized carbons (Fsp3) is 0.250. The summed E-state index contributed by atoms with van der Waals surface area (Å²) in [6, 6.07) is 6.49. The number of nitrogens with zero attached hydrogens (tertiary/aromatic N) is 2. The summed E-state index contributed by atoms with van der Waals surface area (Å²) in [7, 11) is 1.56. The molecule has 1 N–H and O–H groups in total. The predicted molar refractivity (Wildman–Crippen MR) is 103 cm³/mol. The fourth-order valence-corrected chi connectivity index (χ4v) is 3.02. The minimum Gasteiger partial charge on any atom is -0.436 e. The first-order chi connectivity index (χ1) is 13.7. The molecule has 2 heterocycles. The molecule has 1 aromatic carbocycles. The zero-order valence-electron chi connectivity index (χ0n) is 16.2. The summed E-state index contributed by atoms with van der Waals surface area (Å²) in [5, 5.41) is 0. The number of rotatable bonds is 5. The zero-order valence-corrected chi connectivity index (χ0v) is 16.2. The van der Waals surface area contributed by atoms with E-state index >= 15 is 0 Å². The molecule has 0 unspecified atom stereocenters. The third-order valence-corrected chi connectivity index (χ3v) is 4.50. The van der Waals surface area contributed by atoms with Gasteiger partial charge in [0.2, 0.25) is 0 Å². The van der Waals surface area contributed by atoms with Crippen LogP contribution in [0.5, 0.6) is 17.4 Å². The summed E-state index contributed by atoms with van der Waals surface area (Å²) in [6.07, 6.45) is 1.43. The topological polar surface area (TPSA) is 86.2 Å². The van der Waals surface area contributed by atoms with Crippen LogP contribution in [0.2, 0.25) is 0 Å². The lowest BCUT2D eigenvalue weighted by atomic mass is 10.0. The molecule has 29 heavy (non-hydrogen) atoms. The van der Waals surface area contributed by atoms with Gasteiger partial charge in [-0.15, -0.1) is 0 Å². The minimum atomic E-state index is -3.01. The largest absolute Gasteiger partial charge is 0.436 e. The molecule has 3 aromatic rings. The summed E-state index contributed by atoms with van der Waals surface area (Å²) < 4.78 is 37.0. The molecule has 0 saturated heterocycles. The lowest BCUT2D eigenvalue weighted by Gasteiger charge is -2.16. The van der Waals surface area contributed by atoms with E-state index in [0.29, 0.717) is 28.1 Å². The quantitative estimate of drug-likeness (QED) is 0.705. The Balaban J connectivity index is 2.02. The molecule has 0 aliphatic heterocycles. The number of aryl methyl sites for hydroxylation is 2. The molecule has 0 fully saturated rings. The number of nitrogens with one attached hydrogen (secondary N) is 1. The maximum Gasteiger partial charge on any atom is 0.387 e. The summed E-state index contributed by atoms with van der Waals surface area (Å²) in [6.45, 7) is 2.01. The van der Waals surface area contributed by atoms with Gasteiger partial charge in [-0.05, 0) is 56.2 Å². The molecule has 152 valence electrons. The molecule has 0 aliphatic carbocycles. The van der Waals surface area contributed by atoms with Crippen molar-refractivity contribution in [3.8, 4) is 28.6 Å². The summed E-state index contributed by atoms with van der Waals surface area (Å²) in [5.74, 6) is 0.116. The van der Waals surface area contributed by atoms with E-state index < -0.39 is 17.9 Å². The molecule has 0 aliphatic rings. The van der Waals surface area contributed by atoms with Crippen molar-refractivity contribution < 1.29 is 18.3 Å². The summed E-state index contributed by atoms with van der Waals surface area (Å²) in [5.41, 5.74) is 1.75. The zero-order chi connectivity index (χ0) is 21.3. The SMILES string of the molecule is Cc1cc(Oc2nccc(C)c2OC(F)F)ccc1-c1c(C)c(=O)[nH]c(=O)n1C. The van der Waals surface area contributed by atoms with Crippen LogP contribution in [-0.2, 0) is 7.05 Å². The number of aromatic nitrogens is 3. The van der Waals surface area contributed by atoms with Crippen LogP contribution in [0.15, 0.2) is 40.1 Å². The summed E-state index contributed by atoms with van der Waals surface area (Å²) >= 11 is 0. The highest BCUT2D eigenvalue weighted by Gasteiger charge is 2.17. The second kappa shape index (κ2) is 7.86. The van der Waals surface area contributed by atoms with Crippen molar-refractivity contribution >= 4 is 0 Å². The van der Waals surface area contributed by atoms with E-state index in [1.54, 1.807) is 46.0 Å². The van der Waals surface area contributed by atoms with Crippen LogP contribution in [-0.4, -0.2) is 21.1 Å². The second-order valence-electron chi connectivity index (χ2n) is 6.51. The molecule has 2 aromatic heterocycles. The van der Waals surface area contributed by atoms with Gasteiger partial charge in [0.15, 0.2) is 5.75 Å². The molecule has 0 atom stereocenters. The maximum atomic E-state index is 12.7. The van der Waals surface area contributed by atoms with Crippen LogP contribution in [0.1, 0.15) is 16.7 Å². The standard InChI is InChI=1S/C20H19F2N3O4/c1-10-7-8-23-18(16(10)29-19(21)22)28-13-5-6-14(11(2)9-13)15-12(3)17(26)24-20(27)25(15)4/h5-9,19H,1-4H3,(H,24,26,27). The number of pyridine rings is 1. The third kappa shape index (κ3) is 4.03. The van der Waals surface area contributed by atoms with E-state index in [2.05, 4.69) is 14.7 Å². The van der Waals surface area contributed by atoms with Crippen molar-refractivity contribution in [2.45, 2.75) is 27.4 Å². The van der Waals surface area contributed by atoms with E-state index in [9.17, 15) is 18.4 Å². The smallest absolute Gasteiger partial charge is 0.387 e. The first-order valence-electron chi connectivity index (χ1n) is 8.68. The first-order valence-corrected chi connectivity index (χ1v) is 8.68. The molecule has 0 spiro atoms. The second-order valence-corrected chi connectivity index (χ2v) is 6.51. The van der Waals surface area contributed by atoms with Crippen molar-refractivity contribution in [1.82, 2.24) is 14.5 Å². The molecular weight excluding hydrogens is 384 g/mol. The number of hydrogen-bond donors (Lipinski definition) is 1. The van der Waals surface area contributed by atoms with E-state index in [1.807, 2.05) is 0 Å². The Morgan fingerprint density at radius 3 is 2.48 bits per heavy atom. The number of benzene rings is 1. The fourth-order valence-electron chi connectivity index (χ4n) is 3.02. The van der Waals surface area contributed by atoms with Gasteiger partial charge in [-0.25, -0.2) is 9.78 Å². The summed E-state index contributed by atoms with van der Waals surface area (Å²) in [4.78, 5) is 30.2. The van der Waals surface area contributed by atoms with Gasteiger partial charge >= 0.3 is 12.3 Å². The van der Waals surface area contributed by atoms with Gasteiger partial charge in [0.1, 0.15) is 5.75 Å². The molecule has 0 amide bonds. The van der Waals surface area contributed by atoms with Crippen LogP contribution >= 0.6 is 0 Å². The van der Waals surface area contributed by atoms with Crippen LogP contribution in [0, 0.1) is 20.8 Å². The number of ether oxygens (including phenoxy) is 2. The minimum absolute atomic E-state index is 0.0859. The number of alkyl halides is 2. The van der Waals surface area contributed by atoms with Gasteiger partial charge in [-0.2, -0.15) is 8.78 Å². The van der Waals surface area contributed by atoms with Gasteiger partial charge in [0, 0.05) is 24.4 Å². The van der Waals surface area contributed by atoms with Gasteiger partial charge in [-0.1, -0.05) is 0 Å². The maximum absolute atomic E-state index is 12.7. The molecule has 9 heteroatoms. The first kappa shape index (κ1) is 20.2. The van der Waals surface area contributed by atoms with Gasteiger partial charge < -0.3 is 9.47 Å². The van der Waals surface area contributed by atoms with Crippen molar-refractivity contribution in [2.24, 2.45) is 7.05 Å². The monoisotopic (exact) mass is 403 g/mol. The molecule has 7 nitrogen and oxygen atoms in total. The van der Waals surface area contributed by atoms with Gasteiger partial charge in [-0.3, -0.25) is 14.3 Å². The Kier molecular flexibility index (Phi) is 5.49.